The minimum Gasteiger partial charge on any atom is -0.338 e. The van der Waals surface area contributed by atoms with Crippen LogP contribution >= 0.6 is 0 Å². The summed E-state index contributed by atoms with van der Waals surface area (Å²) in [5, 5.41) is 3.30. The number of benzene rings is 2. The number of amides is 1. The summed E-state index contributed by atoms with van der Waals surface area (Å²) in [7, 11) is 0. The van der Waals surface area contributed by atoms with Gasteiger partial charge in [-0.25, -0.2) is 4.68 Å². The van der Waals surface area contributed by atoms with Gasteiger partial charge in [-0.3, -0.25) is 19.5 Å². The van der Waals surface area contributed by atoms with E-state index in [9.17, 15) is 14.4 Å². The highest BCUT2D eigenvalue weighted by Gasteiger charge is 2.14. The standard InChI is InChI=1S/C21H23N3O3/c1-2-13-23(15-16-8-4-3-5-9-16)19(25)12-14-24-21(27)18-11-7-6-10-17(18)20(26)22-24/h3-11H,2,12-15H2,1H3,(H,22,26). The zero-order valence-electron chi connectivity index (χ0n) is 15.4. The molecule has 0 fully saturated rings. The predicted molar refractivity (Wildman–Crippen MR) is 106 cm³/mol. The molecule has 0 spiro atoms. The zero-order valence-corrected chi connectivity index (χ0v) is 15.4. The molecule has 0 aliphatic heterocycles. The number of carbonyl (C=O) groups excluding carboxylic acids is 1. The van der Waals surface area contributed by atoms with Gasteiger partial charge in [-0.2, -0.15) is 0 Å². The van der Waals surface area contributed by atoms with Crippen LogP contribution in [-0.4, -0.2) is 27.1 Å². The zero-order chi connectivity index (χ0) is 19.2. The average molecular weight is 365 g/mol. The maximum atomic E-state index is 12.7. The summed E-state index contributed by atoms with van der Waals surface area (Å²) in [6, 6.07) is 16.5. The number of nitrogens with one attached hydrogen (secondary N) is 1. The van der Waals surface area contributed by atoms with Crippen LogP contribution in [-0.2, 0) is 17.9 Å². The molecule has 1 amide bonds. The molecule has 0 saturated carbocycles. The van der Waals surface area contributed by atoms with Crippen molar-refractivity contribution in [1.82, 2.24) is 14.7 Å². The van der Waals surface area contributed by atoms with Crippen molar-refractivity contribution in [3.05, 3.63) is 80.9 Å². The lowest BCUT2D eigenvalue weighted by molar-refractivity contribution is -0.132. The van der Waals surface area contributed by atoms with Crippen LogP contribution < -0.4 is 11.1 Å². The number of fused-ring (bicyclic) bond motifs is 1. The number of hydrogen-bond acceptors (Lipinski definition) is 3. The van der Waals surface area contributed by atoms with Crippen molar-refractivity contribution in [2.75, 3.05) is 6.54 Å². The minimum atomic E-state index is -0.327. The summed E-state index contributed by atoms with van der Waals surface area (Å²) < 4.78 is 1.23. The van der Waals surface area contributed by atoms with Gasteiger partial charge in [0, 0.05) is 19.5 Å². The number of aromatic nitrogens is 2. The first kappa shape index (κ1) is 18.6. The smallest absolute Gasteiger partial charge is 0.273 e. The Kier molecular flexibility index (Phi) is 5.86. The van der Waals surface area contributed by atoms with Gasteiger partial charge in [-0.15, -0.1) is 0 Å². The second-order valence-electron chi connectivity index (χ2n) is 6.49. The highest BCUT2D eigenvalue weighted by Crippen LogP contribution is 2.08. The van der Waals surface area contributed by atoms with E-state index in [1.54, 1.807) is 29.2 Å². The van der Waals surface area contributed by atoms with Gasteiger partial charge in [0.15, 0.2) is 0 Å². The molecule has 2 aromatic carbocycles. The van der Waals surface area contributed by atoms with Crippen molar-refractivity contribution in [3.63, 3.8) is 0 Å². The van der Waals surface area contributed by atoms with Crippen LogP contribution in [0.15, 0.2) is 64.2 Å². The predicted octanol–water partition coefficient (Wildman–Crippen LogP) is 2.52. The average Bonchev–Trinajstić information content (AvgIpc) is 2.70. The van der Waals surface area contributed by atoms with E-state index in [4.69, 9.17) is 0 Å². The summed E-state index contributed by atoms with van der Waals surface area (Å²) in [5.74, 6) is -0.0402. The number of nitrogens with zero attached hydrogens (tertiary/aromatic N) is 2. The summed E-state index contributed by atoms with van der Waals surface area (Å²) in [4.78, 5) is 39.2. The molecule has 6 nitrogen and oxygen atoms in total. The summed E-state index contributed by atoms with van der Waals surface area (Å²) in [5.41, 5.74) is 0.450. The Bertz CT molecular complexity index is 1040. The normalized spacial score (nSPS) is 10.9. The Hall–Kier alpha value is -3.15. The first-order valence-corrected chi connectivity index (χ1v) is 9.13. The van der Waals surface area contributed by atoms with Crippen LogP contribution in [0.1, 0.15) is 25.3 Å². The van der Waals surface area contributed by atoms with Gasteiger partial charge in [0.05, 0.1) is 17.3 Å². The van der Waals surface area contributed by atoms with Crippen molar-refractivity contribution in [1.29, 1.82) is 0 Å². The Morgan fingerprint density at radius 1 is 1.00 bits per heavy atom. The molecule has 0 unspecified atom stereocenters. The van der Waals surface area contributed by atoms with Gasteiger partial charge < -0.3 is 4.90 Å². The molecule has 0 aliphatic carbocycles. The van der Waals surface area contributed by atoms with E-state index in [1.165, 1.54) is 4.68 Å². The van der Waals surface area contributed by atoms with Crippen LogP contribution in [0, 0.1) is 0 Å². The third-order valence-electron chi connectivity index (χ3n) is 4.50. The lowest BCUT2D eigenvalue weighted by atomic mass is 10.2. The molecule has 27 heavy (non-hydrogen) atoms. The van der Waals surface area contributed by atoms with Crippen molar-refractivity contribution >= 4 is 16.7 Å². The molecule has 140 valence electrons. The molecule has 3 aromatic rings. The Labute approximate surface area is 157 Å². The van der Waals surface area contributed by atoms with Crippen LogP contribution in [0.4, 0.5) is 0 Å². The van der Waals surface area contributed by atoms with Gasteiger partial charge in [0.1, 0.15) is 0 Å². The molecule has 0 radical (unpaired) electrons. The van der Waals surface area contributed by atoms with Gasteiger partial charge in [0.2, 0.25) is 5.91 Å². The van der Waals surface area contributed by atoms with E-state index in [1.807, 2.05) is 37.3 Å². The van der Waals surface area contributed by atoms with Gasteiger partial charge in [0.25, 0.3) is 11.1 Å². The van der Waals surface area contributed by atoms with E-state index >= 15 is 0 Å². The van der Waals surface area contributed by atoms with E-state index in [0.717, 1.165) is 12.0 Å². The van der Waals surface area contributed by atoms with Crippen molar-refractivity contribution in [3.8, 4) is 0 Å². The fourth-order valence-electron chi connectivity index (χ4n) is 3.14. The van der Waals surface area contributed by atoms with Crippen LogP contribution in [0.3, 0.4) is 0 Å². The Morgan fingerprint density at radius 2 is 1.67 bits per heavy atom. The summed E-state index contributed by atoms with van der Waals surface area (Å²) >= 11 is 0. The molecule has 0 saturated heterocycles. The highest BCUT2D eigenvalue weighted by molar-refractivity contribution is 5.80. The lowest BCUT2D eigenvalue weighted by Crippen LogP contribution is -2.35. The second-order valence-corrected chi connectivity index (χ2v) is 6.49. The van der Waals surface area contributed by atoms with Gasteiger partial charge >= 0.3 is 0 Å². The molecule has 1 aromatic heterocycles. The molecule has 0 atom stereocenters. The molecular weight excluding hydrogens is 342 g/mol. The number of carbonyl (C=O) groups is 1. The first-order chi connectivity index (χ1) is 13.1. The Morgan fingerprint density at radius 3 is 2.37 bits per heavy atom. The van der Waals surface area contributed by atoms with Crippen molar-refractivity contribution < 1.29 is 4.79 Å². The largest absolute Gasteiger partial charge is 0.338 e. The number of hydrogen-bond donors (Lipinski definition) is 1. The third kappa shape index (κ3) is 4.34. The SMILES string of the molecule is CCCN(Cc1ccccc1)C(=O)CCn1[nH]c(=O)c2ccccc2c1=O. The number of H-pyrrole nitrogens is 1. The number of aryl methyl sites for hydroxylation is 1. The van der Waals surface area contributed by atoms with Crippen LogP contribution in [0.25, 0.3) is 10.8 Å². The van der Waals surface area contributed by atoms with E-state index in [0.29, 0.717) is 23.9 Å². The minimum absolute atomic E-state index is 0.0402. The second kappa shape index (κ2) is 8.49. The molecule has 0 bridgehead atoms. The number of aromatic amines is 1. The fraction of sp³-hybridized carbons (Fsp3) is 0.286. The van der Waals surface area contributed by atoms with E-state index in [2.05, 4.69) is 5.10 Å². The molecule has 0 aliphatic rings. The quantitative estimate of drug-likeness (QED) is 0.699. The van der Waals surface area contributed by atoms with E-state index < -0.39 is 0 Å². The highest BCUT2D eigenvalue weighted by atomic mass is 16.2. The maximum absolute atomic E-state index is 12.7. The monoisotopic (exact) mass is 365 g/mol. The summed E-state index contributed by atoms with van der Waals surface area (Å²) in [6.45, 7) is 3.36. The molecule has 1 heterocycles. The molecule has 1 N–H and O–H groups in total. The van der Waals surface area contributed by atoms with E-state index in [-0.39, 0.29) is 30.0 Å². The third-order valence-corrected chi connectivity index (χ3v) is 4.50. The van der Waals surface area contributed by atoms with Crippen molar-refractivity contribution in [2.24, 2.45) is 0 Å². The topological polar surface area (TPSA) is 75.2 Å². The fourth-order valence-corrected chi connectivity index (χ4v) is 3.14. The van der Waals surface area contributed by atoms with Crippen LogP contribution in [0.2, 0.25) is 0 Å². The van der Waals surface area contributed by atoms with Gasteiger partial charge in [-0.05, 0) is 24.1 Å². The molecular formula is C21H23N3O3. The van der Waals surface area contributed by atoms with Crippen LogP contribution in [0.5, 0.6) is 0 Å². The summed E-state index contributed by atoms with van der Waals surface area (Å²) in [6.07, 6.45) is 1.01. The Balaban J connectivity index is 1.75. The molecule has 6 heteroatoms. The first-order valence-electron chi connectivity index (χ1n) is 9.13. The maximum Gasteiger partial charge on any atom is 0.273 e. The number of rotatable bonds is 7. The molecule has 3 rings (SSSR count). The van der Waals surface area contributed by atoms with Crippen molar-refractivity contribution in [2.45, 2.75) is 32.9 Å². The van der Waals surface area contributed by atoms with Gasteiger partial charge in [-0.1, -0.05) is 49.4 Å². The lowest BCUT2D eigenvalue weighted by Gasteiger charge is -2.22.